The van der Waals surface area contributed by atoms with Crippen LogP contribution in [0.3, 0.4) is 0 Å². The van der Waals surface area contributed by atoms with Crippen molar-refractivity contribution in [2.45, 2.75) is 25.3 Å². The van der Waals surface area contributed by atoms with Crippen LogP contribution in [0.4, 0.5) is 10.5 Å². The van der Waals surface area contributed by atoms with Gasteiger partial charge in [0.2, 0.25) is 0 Å². The molecule has 1 aromatic carbocycles. The molecule has 0 radical (unpaired) electrons. The first-order chi connectivity index (χ1) is 12.2. The van der Waals surface area contributed by atoms with E-state index in [2.05, 4.69) is 25.8 Å². The van der Waals surface area contributed by atoms with Gasteiger partial charge in [0.25, 0.3) is 11.1 Å². The van der Waals surface area contributed by atoms with Crippen molar-refractivity contribution < 1.29 is 18.5 Å². The molecule has 0 unspecified atom stereocenters. The van der Waals surface area contributed by atoms with Crippen molar-refractivity contribution in [1.82, 2.24) is 20.4 Å². The predicted octanol–water partition coefficient (Wildman–Crippen LogP) is 2.79. The second-order valence-electron chi connectivity index (χ2n) is 4.94. The van der Waals surface area contributed by atoms with E-state index < -0.39 is 0 Å². The van der Waals surface area contributed by atoms with Crippen molar-refractivity contribution >= 4 is 34.6 Å². The molecule has 132 valence electrons. The zero-order chi connectivity index (χ0) is 17.6. The van der Waals surface area contributed by atoms with Crippen LogP contribution >= 0.6 is 11.8 Å². The lowest BCUT2D eigenvalue weighted by atomic mass is 10.3. The molecule has 0 bridgehead atoms. The molecule has 0 aliphatic heterocycles. The summed E-state index contributed by atoms with van der Waals surface area (Å²) in [6.45, 7) is 2.40. The number of benzene rings is 1. The maximum atomic E-state index is 12.0. The van der Waals surface area contributed by atoms with E-state index >= 15 is 0 Å². The summed E-state index contributed by atoms with van der Waals surface area (Å²) < 4.78 is 15.5. The van der Waals surface area contributed by atoms with Crippen molar-refractivity contribution in [2.24, 2.45) is 0 Å². The zero-order valence-electron chi connectivity index (χ0n) is 13.7. The molecule has 0 spiro atoms. The van der Waals surface area contributed by atoms with Crippen molar-refractivity contribution in [3.05, 3.63) is 29.9 Å². The van der Waals surface area contributed by atoms with E-state index in [0.29, 0.717) is 28.2 Å². The molecule has 0 saturated heterocycles. The van der Waals surface area contributed by atoms with Crippen LogP contribution in [-0.4, -0.2) is 34.0 Å². The van der Waals surface area contributed by atoms with Crippen LogP contribution in [0.2, 0.25) is 0 Å². The summed E-state index contributed by atoms with van der Waals surface area (Å²) in [7, 11) is 1.53. The number of oxazole rings is 1. The molecular formula is C15H17N5O4S. The predicted molar refractivity (Wildman–Crippen MR) is 91.3 cm³/mol. The van der Waals surface area contributed by atoms with Gasteiger partial charge in [-0.2, -0.15) is 4.98 Å². The van der Waals surface area contributed by atoms with Crippen LogP contribution in [0.5, 0.6) is 0 Å². The third-order valence-corrected chi connectivity index (χ3v) is 3.79. The fourth-order valence-corrected chi connectivity index (χ4v) is 2.60. The Balaban J connectivity index is 1.57. The molecule has 0 fully saturated rings. The largest absolute Gasteiger partial charge is 0.431 e. The summed E-state index contributed by atoms with van der Waals surface area (Å²) in [6, 6.07) is 4.90. The minimum atomic E-state index is -0.389. The van der Waals surface area contributed by atoms with Gasteiger partial charge in [-0.05, 0) is 17.9 Å². The average molecular weight is 363 g/mol. The van der Waals surface area contributed by atoms with Crippen LogP contribution in [0.1, 0.15) is 18.6 Å². The summed E-state index contributed by atoms with van der Waals surface area (Å²) in [6.07, 6.45) is 0. The lowest BCUT2D eigenvalue weighted by Gasteiger charge is -2.05. The number of anilines is 1. The quantitative estimate of drug-likeness (QED) is 0.616. The number of rotatable bonds is 7. The van der Waals surface area contributed by atoms with E-state index in [1.165, 1.54) is 18.9 Å². The first kappa shape index (κ1) is 17.2. The molecule has 2 N–H and O–H groups in total. The van der Waals surface area contributed by atoms with Gasteiger partial charge in [-0.15, -0.1) is 0 Å². The fourth-order valence-electron chi connectivity index (χ4n) is 2.05. The molecular weight excluding hydrogens is 346 g/mol. The van der Waals surface area contributed by atoms with Crippen LogP contribution in [0.15, 0.2) is 32.4 Å². The van der Waals surface area contributed by atoms with E-state index in [0.717, 1.165) is 11.3 Å². The second kappa shape index (κ2) is 7.99. The summed E-state index contributed by atoms with van der Waals surface area (Å²) in [4.78, 5) is 20.4. The number of amides is 2. The molecule has 0 aliphatic carbocycles. The Kier molecular flexibility index (Phi) is 5.51. The van der Waals surface area contributed by atoms with Crippen LogP contribution in [0, 0.1) is 0 Å². The number of nitrogens with zero attached hydrogens (tertiary/aromatic N) is 3. The minimum absolute atomic E-state index is 0.140. The molecule has 25 heavy (non-hydrogen) atoms. The lowest BCUT2D eigenvalue weighted by Crippen LogP contribution is -2.28. The molecule has 3 aromatic rings. The molecule has 0 aliphatic rings. The minimum Gasteiger partial charge on any atom is -0.431 e. The molecule has 2 aromatic heterocycles. The normalized spacial score (nSPS) is 11.0. The molecule has 0 saturated carbocycles. The number of carbonyl (C=O) groups is 1. The number of nitrogens with one attached hydrogen (secondary N) is 2. The molecule has 2 amide bonds. The first-order valence-corrected chi connectivity index (χ1v) is 8.55. The lowest BCUT2D eigenvalue weighted by molar-refractivity contribution is 0.151. The Morgan fingerprint density at radius 1 is 1.36 bits per heavy atom. The maximum Gasteiger partial charge on any atom is 0.319 e. The SMILES string of the molecule is CCSc1nc2ccc(NC(=O)NCc3noc(COC)n3)cc2o1. The van der Waals surface area contributed by atoms with Gasteiger partial charge in [0.15, 0.2) is 11.4 Å². The maximum absolute atomic E-state index is 12.0. The number of hydrogen-bond donors (Lipinski definition) is 2. The van der Waals surface area contributed by atoms with Gasteiger partial charge in [0.05, 0.1) is 6.54 Å². The smallest absolute Gasteiger partial charge is 0.319 e. The third kappa shape index (κ3) is 4.48. The Hall–Kier alpha value is -2.59. The molecule has 9 nitrogen and oxygen atoms in total. The number of urea groups is 1. The van der Waals surface area contributed by atoms with Crippen LogP contribution < -0.4 is 10.6 Å². The Labute approximate surface area is 147 Å². The Bertz CT molecular complexity index is 863. The Morgan fingerprint density at radius 2 is 2.24 bits per heavy atom. The highest BCUT2D eigenvalue weighted by Gasteiger charge is 2.10. The summed E-state index contributed by atoms with van der Waals surface area (Å²) in [5, 5.41) is 9.73. The first-order valence-electron chi connectivity index (χ1n) is 7.56. The van der Waals surface area contributed by atoms with Crippen LogP contribution in [0.25, 0.3) is 11.1 Å². The number of fused-ring (bicyclic) bond motifs is 1. The van der Waals surface area contributed by atoms with Gasteiger partial charge in [0.1, 0.15) is 12.1 Å². The van der Waals surface area contributed by atoms with E-state index in [9.17, 15) is 4.79 Å². The monoisotopic (exact) mass is 363 g/mol. The number of hydrogen-bond acceptors (Lipinski definition) is 8. The van der Waals surface area contributed by atoms with Crippen LogP contribution in [-0.2, 0) is 17.9 Å². The van der Waals surface area contributed by atoms with Gasteiger partial charge in [0, 0.05) is 18.9 Å². The standard InChI is InChI=1S/C15H17N5O4S/c1-3-25-15-18-10-5-4-9(6-11(10)23-15)17-14(21)16-7-12-19-13(8-22-2)24-20-12/h4-6H,3,7-8H2,1-2H3,(H2,16,17,21). The van der Waals surface area contributed by atoms with Gasteiger partial charge in [-0.25, -0.2) is 9.78 Å². The summed E-state index contributed by atoms with van der Waals surface area (Å²) in [5.41, 5.74) is 1.97. The summed E-state index contributed by atoms with van der Waals surface area (Å²) in [5.74, 6) is 1.60. The van der Waals surface area contributed by atoms with Crippen molar-refractivity contribution in [3.63, 3.8) is 0 Å². The van der Waals surface area contributed by atoms with Gasteiger partial charge < -0.3 is 24.3 Å². The van der Waals surface area contributed by atoms with E-state index in [1.807, 2.05) is 6.92 Å². The number of methoxy groups -OCH3 is 1. The molecule has 2 heterocycles. The highest BCUT2D eigenvalue weighted by molar-refractivity contribution is 7.99. The highest BCUT2D eigenvalue weighted by atomic mass is 32.2. The van der Waals surface area contributed by atoms with Crippen molar-refractivity contribution in [2.75, 3.05) is 18.2 Å². The molecule has 10 heteroatoms. The number of ether oxygens (including phenoxy) is 1. The summed E-state index contributed by atoms with van der Waals surface area (Å²) >= 11 is 1.52. The van der Waals surface area contributed by atoms with Crippen molar-refractivity contribution in [1.29, 1.82) is 0 Å². The average Bonchev–Trinajstić information content (AvgIpc) is 3.19. The third-order valence-electron chi connectivity index (χ3n) is 3.08. The fraction of sp³-hybridized carbons (Fsp3) is 0.333. The molecule has 3 rings (SSSR count). The van der Waals surface area contributed by atoms with E-state index in [1.54, 1.807) is 18.2 Å². The highest BCUT2D eigenvalue weighted by Crippen LogP contribution is 2.25. The zero-order valence-corrected chi connectivity index (χ0v) is 14.6. The van der Waals surface area contributed by atoms with Gasteiger partial charge in [-0.1, -0.05) is 23.8 Å². The number of carbonyl (C=O) groups excluding carboxylic acids is 1. The Morgan fingerprint density at radius 3 is 3.04 bits per heavy atom. The van der Waals surface area contributed by atoms with Gasteiger partial charge >= 0.3 is 6.03 Å². The van der Waals surface area contributed by atoms with Gasteiger partial charge in [-0.3, -0.25) is 0 Å². The molecule has 0 atom stereocenters. The number of aromatic nitrogens is 3. The second-order valence-corrected chi connectivity index (χ2v) is 6.16. The van der Waals surface area contributed by atoms with E-state index in [-0.39, 0.29) is 19.2 Å². The topological polar surface area (TPSA) is 115 Å². The van der Waals surface area contributed by atoms with Crippen molar-refractivity contribution in [3.8, 4) is 0 Å². The van der Waals surface area contributed by atoms with E-state index in [4.69, 9.17) is 13.7 Å². The number of thioether (sulfide) groups is 1.